The van der Waals surface area contributed by atoms with Crippen LogP contribution in [0.4, 0.5) is 4.39 Å². The molecule has 1 aromatic carbocycles. The fourth-order valence-electron chi connectivity index (χ4n) is 2.92. The van der Waals surface area contributed by atoms with Crippen LogP contribution in [0.3, 0.4) is 0 Å². The van der Waals surface area contributed by atoms with E-state index in [4.69, 9.17) is 17.3 Å². The van der Waals surface area contributed by atoms with Gasteiger partial charge < -0.3 is 5.73 Å². The maximum atomic E-state index is 13.5. The molecule has 2 nitrogen and oxygen atoms in total. The fourth-order valence-corrected chi connectivity index (χ4v) is 3.15. The molecule has 1 heterocycles. The quantitative estimate of drug-likeness (QED) is 0.914. The first-order valence-corrected chi connectivity index (χ1v) is 6.82. The molecule has 0 aliphatic carbocycles. The normalized spacial score (nSPS) is 25.0. The number of hydrogen-bond acceptors (Lipinski definition) is 2. The lowest BCUT2D eigenvalue weighted by atomic mass is 9.93. The second kappa shape index (κ2) is 5.55. The fraction of sp³-hybridized carbons (Fsp3) is 0.571. The number of benzene rings is 1. The van der Waals surface area contributed by atoms with Gasteiger partial charge in [0.05, 0.1) is 0 Å². The molecule has 1 aromatic rings. The molecule has 2 atom stereocenters. The van der Waals surface area contributed by atoms with Gasteiger partial charge in [0.2, 0.25) is 0 Å². The molecule has 2 rings (SSSR count). The van der Waals surface area contributed by atoms with Crippen molar-refractivity contribution < 1.29 is 4.39 Å². The highest BCUT2D eigenvalue weighted by Gasteiger charge is 2.35. The minimum absolute atomic E-state index is 0.184. The van der Waals surface area contributed by atoms with Gasteiger partial charge in [0.25, 0.3) is 0 Å². The van der Waals surface area contributed by atoms with E-state index in [2.05, 4.69) is 18.7 Å². The van der Waals surface area contributed by atoms with E-state index in [-0.39, 0.29) is 11.9 Å². The Bertz CT molecular complexity index is 402. The zero-order valence-corrected chi connectivity index (χ0v) is 11.6. The highest BCUT2D eigenvalue weighted by Crippen LogP contribution is 2.39. The van der Waals surface area contributed by atoms with Gasteiger partial charge in [-0.25, -0.2) is 4.39 Å². The van der Waals surface area contributed by atoms with Gasteiger partial charge in [-0.3, -0.25) is 4.90 Å². The SMILES string of the molecule is CC(C)N1CCC(CN)C1c1cc(F)cc(Cl)c1. The van der Waals surface area contributed by atoms with Crippen molar-refractivity contribution in [3.05, 3.63) is 34.6 Å². The molecule has 0 radical (unpaired) electrons. The molecule has 100 valence electrons. The lowest BCUT2D eigenvalue weighted by Gasteiger charge is -2.31. The van der Waals surface area contributed by atoms with Gasteiger partial charge in [0.15, 0.2) is 0 Å². The zero-order chi connectivity index (χ0) is 13.3. The molecular formula is C14H20ClFN2. The van der Waals surface area contributed by atoms with E-state index in [1.54, 1.807) is 6.07 Å². The number of nitrogens with two attached hydrogens (primary N) is 1. The third-order valence-corrected chi connectivity index (χ3v) is 3.97. The van der Waals surface area contributed by atoms with Crippen LogP contribution in [0.15, 0.2) is 18.2 Å². The molecule has 0 aromatic heterocycles. The van der Waals surface area contributed by atoms with Crippen LogP contribution in [-0.2, 0) is 0 Å². The van der Waals surface area contributed by atoms with Gasteiger partial charge in [-0.15, -0.1) is 0 Å². The highest BCUT2D eigenvalue weighted by atomic mass is 35.5. The molecule has 0 amide bonds. The van der Waals surface area contributed by atoms with Crippen LogP contribution in [0, 0.1) is 11.7 Å². The Morgan fingerprint density at radius 1 is 1.44 bits per heavy atom. The number of hydrogen-bond donors (Lipinski definition) is 1. The van der Waals surface area contributed by atoms with Gasteiger partial charge in [-0.2, -0.15) is 0 Å². The minimum atomic E-state index is -0.274. The monoisotopic (exact) mass is 270 g/mol. The van der Waals surface area contributed by atoms with Crippen LogP contribution < -0.4 is 5.73 Å². The molecule has 2 N–H and O–H groups in total. The summed E-state index contributed by atoms with van der Waals surface area (Å²) in [5, 5.41) is 0.455. The summed E-state index contributed by atoms with van der Waals surface area (Å²) in [6, 6.07) is 5.40. The van der Waals surface area contributed by atoms with E-state index >= 15 is 0 Å². The summed E-state index contributed by atoms with van der Waals surface area (Å²) in [6.07, 6.45) is 1.06. The summed E-state index contributed by atoms with van der Waals surface area (Å²) in [5.41, 5.74) is 6.79. The van der Waals surface area contributed by atoms with Gasteiger partial charge in [0, 0.05) is 17.1 Å². The van der Waals surface area contributed by atoms with Crippen molar-refractivity contribution >= 4 is 11.6 Å². The minimum Gasteiger partial charge on any atom is -0.330 e. The lowest BCUT2D eigenvalue weighted by Crippen LogP contribution is -2.33. The average Bonchev–Trinajstić information content (AvgIpc) is 2.71. The predicted molar refractivity (Wildman–Crippen MR) is 73.2 cm³/mol. The Kier molecular flexibility index (Phi) is 4.25. The largest absolute Gasteiger partial charge is 0.330 e. The Morgan fingerprint density at radius 2 is 2.17 bits per heavy atom. The summed E-state index contributed by atoms with van der Waals surface area (Å²) < 4.78 is 13.5. The predicted octanol–water partition coefficient (Wildman–Crippen LogP) is 3.21. The number of rotatable bonds is 3. The molecule has 4 heteroatoms. The van der Waals surface area contributed by atoms with Crippen LogP contribution >= 0.6 is 11.6 Å². The van der Waals surface area contributed by atoms with E-state index in [0.29, 0.717) is 23.5 Å². The summed E-state index contributed by atoms with van der Waals surface area (Å²) in [7, 11) is 0. The van der Waals surface area contributed by atoms with Crippen molar-refractivity contribution in [1.29, 1.82) is 0 Å². The Balaban J connectivity index is 2.37. The molecule has 1 aliphatic heterocycles. The van der Waals surface area contributed by atoms with E-state index in [1.165, 1.54) is 6.07 Å². The van der Waals surface area contributed by atoms with Crippen LogP contribution in [0.25, 0.3) is 0 Å². The van der Waals surface area contributed by atoms with Crippen molar-refractivity contribution in [2.24, 2.45) is 11.7 Å². The van der Waals surface area contributed by atoms with Crippen LogP contribution in [0.1, 0.15) is 31.9 Å². The van der Waals surface area contributed by atoms with Gasteiger partial charge in [0.1, 0.15) is 5.82 Å². The Hall–Kier alpha value is -0.640. The first-order valence-electron chi connectivity index (χ1n) is 6.44. The first-order chi connectivity index (χ1) is 8.52. The maximum absolute atomic E-state index is 13.5. The van der Waals surface area contributed by atoms with E-state index < -0.39 is 0 Å². The Morgan fingerprint density at radius 3 is 2.72 bits per heavy atom. The van der Waals surface area contributed by atoms with Crippen molar-refractivity contribution in [1.82, 2.24) is 4.90 Å². The Labute approximate surface area is 113 Å². The molecule has 1 fully saturated rings. The lowest BCUT2D eigenvalue weighted by molar-refractivity contribution is 0.184. The van der Waals surface area contributed by atoms with E-state index in [1.807, 2.05) is 6.07 Å². The molecule has 0 saturated carbocycles. The summed E-state index contributed by atoms with van der Waals surface area (Å²) >= 11 is 5.96. The number of nitrogens with zero attached hydrogens (tertiary/aromatic N) is 1. The summed E-state index contributed by atoms with van der Waals surface area (Å²) in [4.78, 5) is 2.38. The van der Waals surface area contributed by atoms with Crippen LogP contribution in [-0.4, -0.2) is 24.0 Å². The zero-order valence-electron chi connectivity index (χ0n) is 10.9. The van der Waals surface area contributed by atoms with Gasteiger partial charge in [-0.1, -0.05) is 11.6 Å². The molecule has 0 spiro atoms. The maximum Gasteiger partial charge on any atom is 0.125 e. The smallest absolute Gasteiger partial charge is 0.125 e. The van der Waals surface area contributed by atoms with Gasteiger partial charge >= 0.3 is 0 Å². The first kappa shape index (κ1) is 13.8. The molecule has 2 unspecified atom stereocenters. The van der Waals surface area contributed by atoms with Crippen molar-refractivity contribution in [3.63, 3.8) is 0 Å². The highest BCUT2D eigenvalue weighted by molar-refractivity contribution is 6.30. The standard InChI is InChI=1S/C14H20ClFN2/c1-9(2)18-4-3-10(8-17)14(18)11-5-12(15)7-13(16)6-11/h5-7,9-10,14H,3-4,8,17H2,1-2H3. The van der Waals surface area contributed by atoms with E-state index in [9.17, 15) is 4.39 Å². The third-order valence-electron chi connectivity index (χ3n) is 3.75. The average molecular weight is 271 g/mol. The topological polar surface area (TPSA) is 29.3 Å². The van der Waals surface area contributed by atoms with Gasteiger partial charge in [-0.05, 0) is 63.0 Å². The number of likely N-dealkylation sites (tertiary alicyclic amines) is 1. The number of halogens is 2. The summed E-state index contributed by atoms with van der Waals surface area (Å²) in [5.74, 6) is 0.106. The van der Waals surface area contributed by atoms with Crippen molar-refractivity contribution in [2.45, 2.75) is 32.4 Å². The molecule has 1 aliphatic rings. The molecule has 1 saturated heterocycles. The molecule has 0 bridgehead atoms. The molecular weight excluding hydrogens is 251 g/mol. The second-order valence-electron chi connectivity index (χ2n) is 5.26. The third kappa shape index (κ3) is 2.68. The second-order valence-corrected chi connectivity index (χ2v) is 5.70. The van der Waals surface area contributed by atoms with E-state index in [0.717, 1.165) is 18.5 Å². The summed E-state index contributed by atoms with van der Waals surface area (Å²) in [6.45, 7) is 5.96. The van der Waals surface area contributed by atoms with Crippen molar-refractivity contribution in [2.75, 3.05) is 13.1 Å². The van der Waals surface area contributed by atoms with Crippen LogP contribution in [0.2, 0.25) is 5.02 Å². The van der Waals surface area contributed by atoms with Crippen molar-refractivity contribution in [3.8, 4) is 0 Å². The molecule has 18 heavy (non-hydrogen) atoms. The van der Waals surface area contributed by atoms with Crippen LogP contribution in [0.5, 0.6) is 0 Å².